The number of anilines is 1. The molecule has 33 heavy (non-hydrogen) atoms. The first kappa shape index (κ1) is 23.5. The van der Waals surface area contributed by atoms with E-state index in [1.165, 1.54) is 0 Å². The molecule has 2 aliphatic rings. The molecule has 178 valence electrons. The molecule has 0 unspecified atom stereocenters. The lowest BCUT2D eigenvalue weighted by atomic mass is 9.94. The van der Waals surface area contributed by atoms with Gasteiger partial charge in [-0.15, -0.1) is 0 Å². The minimum atomic E-state index is -3.51. The van der Waals surface area contributed by atoms with E-state index in [1.54, 1.807) is 28.6 Å². The van der Waals surface area contributed by atoms with Gasteiger partial charge in [-0.05, 0) is 68.7 Å². The van der Waals surface area contributed by atoms with Crippen molar-refractivity contribution in [3.63, 3.8) is 0 Å². The molecular formula is C24H31N3O5S. The topological polar surface area (TPSA) is 97.0 Å². The summed E-state index contributed by atoms with van der Waals surface area (Å²) in [5.41, 5.74) is 1.06. The van der Waals surface area contributed by atoms with E-state index in [4.69, 9.17) is 9.47 Å². The largest absolute Gasteiger partial charge is 0.454 e. The molecule has 0 aliphatic carbocycles. The van der Waals surface area contributed by atoms with Crippen molar-refractivity contribution in [3.05, 3.63) is 48.0 Å². The molecule has 0 spiro atoms. The zero-order valence-electron chi connectivity index (χ0n) is 19.1. The highest BCUT2D eigenvalue weighted by Crippen LogP contribution is 2.35. The smallest absolute Gasteiger partial charge is 0.243 e. The highest BCUT2D eigenvalue weighted by molar-refractivity contribution is 7.89. The third kappa shape index (κ3) is 5.48. The van der Waals surface area contributed by atoms with Crippen molar-refractivity contribution < 1.29 is 22.7 Å². The number of carbonyl (C=O) groups excluding carboxylic acids is 1. The van der Waals surface area contributed by atoms with Crippen molar-refractivity contribution in [1.29, 1.82) is 0 Å². The summed E-state index contributed by atoms with van der Waals surface area (Å²) in [5, 5.41) is 6.08. The number of amides is 1. The number of rotatable bonds is 7. The van der Waals surface area contributed by atoms with Crippen LogP contribution in [0.5, 0.6) is 11.5 Å². The molecule has 4 rings (SSSR count). The Morgan fingerprint density at radius 1 is 0.970 bits per heavy atom. The van der Waals surface area contributed by atoms with E-state index in [0.717, 1.165) is 31.2 Å². The molecule has 2 N–H and O–H groups in total. The van der Waals surface area contributed by atoms with Crippen molar-refractivity contribution in [1.82, 2.24) is 9.62 Å². The number of ether oxygens (including phenoxy) is 2. The number of nitrogens with zero attached hydrogens (tertiary/aromatic N) is 1. The summed E-state index contributed by atoms with van der Waals surface area (Å²) < 4.78 is 38.2. The summed E-state index contributed by atoms with van der Waals surface area (Å²) in [6, 6.07) is 12.1. The molecule has 2 aliphatic heterocycles. The predicted molar refractivity (Wildman–Crippen MR) is 126 cm³/mol. The van der Waals surface area contributed by atoms with E-state index < -0.39 is 15.6 Å². The minimum absolute atomic E-state index is 0.0925. The number of hydrogen-bond acceptors (Lipinski definition) is 6. The average molecular weight is 474 g/mol. The Bertz CT molecular complexity index is 1090. The summed E-state index contributed by atoms with van der Waals surface area (Å²) >= 11 is 0. The Morgan fingerprint density at radius 2 is 1.64 bits per heavy atom. The van der Waals surface area contributed by atoms with Crippen molar-refractivity contribution in [2.45, 2.75) is 50.0 Å². The van der Waals surface area contributed by atoms with Crippen LogP contribution in [0.1, 0.15) is 45.1 Å². The fourth-order valence-corrected chi connectivity index (χ4v) is 5.55. The van der Waals surface area contributed by atoms with Crippen LogP contribution in [0.25, 0.3) is 0 Å². The molecule has 2 aromatic rings. The monoisotopic (exact) mass is 473 g/mol. The van der Waals surface area contributed by atoms with E-state index >= 15 is 0 Å². The molecule has 8 nitrogen and oxygen atoms in total. The first-order valence-electron chi connectivity index (χ1n) is 11.3. The Balaban J connectivity index is 1.34. The van der Waals surface area contributed by atoms with Crippen molar-refractivity contribution in [3.8, 4) is 11.5 Å². The third-order valence-electron chi connectivity index (χ3n) is 6.13. The molecule has 0 radical (unpaired) electrons. The van der Waals surface area contributed by atoms with Gasteiger partial charge in [-0.25, -0.2) is 8.42 Å². The minimum Gasteiger partial charge on any atom is -0.454 e. The van der Waals surface area contributed by atoms with Crippen LogP contribution in [0.4, 0.5) is 5.69 Å². The van der Waals surface area contributed by atoms with Gasteiger partial charge in [0.05, 0.1) is 11.4 Å². The van der Waals surface area contributed by atoms with Crippen LogP contribution in [-0.2, 0) is 20.4 Å². The molecule has 0 aromatic heterocycles. The van der Waals surface area contributed by atoms with E-state index in [2.05, 4.69) is 10.6 Å². The maximum Gasteiger partial charge on any atom is 0.243 e. The van der Waals surface area contributed by atoms with Gasteiger partial charge in [0.1, 0.15) is 0 Å². The molecule has 0 atom stereocenters. The van der Waals surface area contributed by atoms with Crippen LogP contribution in [0, 0.1) is 0 Å². The quantitative estimate of drug-likeness (QED) is 0.639. The molecule has 1 saturated heterocycles. The molecule has 0 saturated carbocycles. The lowest BCUT2D eigenvalue weighted by molar-refractivity contribution is -0.115. The molecule has 9 heteroatoms. The molecule has 2 heterocycles. The lowest BCUT2D eigenvalue weighted by Gasteiger charge is -2.27. The van der Waals surface area contributed by atoms with Gasteiger partial charge in [-0.1, -0.05) is 18.9 Å². The summed E-state index contributed by atoms with van der Waals surface area (Å²) in [6.45, 7) is 5.40. The number of nitrogens with one attached hydrogen (secondary N) is 2. The van der Waals surface area contributed by atoms with Gasteiger partial charge in [0, 0.05) is 24.3 Å². The fourth-order valence-electron chi connectivity index (χ4n) is 4.04. The first-order chi connectivity index (χ1) is 15.8. The normalized spacial score (nSPS) is 16.9. The maximum atomic E-state index is 12.9. The molecular weight excluding hydrogens is 442 g/mol. The van der Waals surface area contributed by atoms with Crippen LogP contribution in [0.2, 0.25) is 0 Å². The number of hydrogen-bond donors (Lipinski definition) is 2. The first-order valence-corrected chi connectivity index (χ1v) is 12.7. The Labute approximate surface area is 195 Å². The SMILES string of the molecule is CC(C)(NCC(=O)Nc1ccc(S(=O)(=O)N2CCCCCC2)cc1)c1ccc2c(c1)OCO2. The number of carbonyl (C=O) groups is 1. The Morgan fingerprint density at radius 3 is 2.33 bits per heavy atom. The standard InChI is InChI=1S/C24H31N3O5S/c1-24(2,18-7-12-21-22(15-18)32-17-31-21)25-16-23(28)26-19-8-10-20(11-9-19)33(29,30)27-13-5-3-4-6-14-27/h7-12,15,25H,3-6,13-14,16-17H2,1-2H3,(H,26,28). The second kappa shape index (κ2) is 9.70. The van der Waals surface area contributed by atoms with Crippen LogP contribution in [-0.4, -0.2) is 45.1 Å². The lowest BCUT2D eigenvalue weighted by Crippen LogP contribution is -2.41. The van der Waals surface area contributed by atoms with Crippen LogP contribution in [0.15, 0.2) is 47.4 Å². The van der Waals surface area contributed by atoms with Crippen molar-refractivity contribution in [2.24, 2.45) is 0 Å². The third-order valence-corrected chi connectivity index (χ3v) is 8.04. The molecule has 2 aromatic carbocycles. The van der Waals surface area contributed by atoms with Gasteiger partial charge in [0.2, 0.25) is 22.7 Å². The molecule has 1 fully saturated rings. The van der Waals surface area contributed by atoms with Crippen molar-refractivity contribution >= 4 is 21.6 Å². The highest BCUT2D eigenvalue weighted by atomic mass is 32.2. The summed E-state index contributed by atoms with van der Waals surface area (Å²) in [4.78, 5) is 12.8. The molecule has 1 amide bonds. The summed E-state index contributed by atoms with van der Waals surface area (Å²) in [7, 11) is -3.51. The predicted octanol–water partition coefficient (Wildman–Crippen LogP) is 3.44. The van der Waals surface area contributed by atoms with E-state index in [0.29, 0.717) is 30.3 Å². The zero-order valence-corrected chi connectivity index (χ0v) is 19.9. The fraction of sp³-hybridized carbons (Fsp3) is 0.458. The second-order valence-electron chi connectivity index (χ2n) is 8.94. The van der Waals surface area contributed by atoms with Gasteiger partial charge < -0.3 is 14.8 Å². The van der Waals surface area contributed by atoms with E-state index in [1.807, 2.05) is 32.0 Å². The van der Waals surface area contributed by atoms with Gasteiger partial charge in [0.15, 0.2) is 11.5 Å². The van der Waals surface area contributed by atoms with Crippen LogP contribution < -0.4 is 20.1 Å². The van der Waals surface area contributed by atoms with Crippen LogP contribution in [0.3, 0.4) is 0 Å². The van der Waals surface area contributed by atoms with Gasteiger partial charge in [-0.3, -0.25) is 10.1 Å². The van der Waals surface area contributed by atoms with Gasteiger partial charge in [0.25, 0.3) is 0 Å². The van der Waals surface area contributed by atoms with Gasteiger partial charge in [-0.2, -0.15) is 4.31 Å². The number of sulfonamides is 1. The second-order valence-corrected chi connectivity index (χ2v) is 10.9. The average Bonchev–Trinajstić information content (AvgIpc) is 3.09. The summed E-state index contributed by atoms with van der Waals surface area (Å²) in [6.07, 6.45) is 3.92. The van der Waals surface area contributed by atoms with Crippen molar-refractivity contribution in [2.75, 3.05) is 31.7 Å². The Hall–Kier alpha value is -2.62. The molecule has 0 bridgehead atoms. The highest BCUT2D eigenvalue weighted by Gasteiger charge is 2.26. The number of fused-ring (bicyclic) bond motifs is 1. The Kier molecular flexibility index (Phi) is 6.92. The zero-order chi connectivity index (χ0) is 23.5. The summed E-state index contributed by atoms with van der Waals surface area (Å²) in [5.74, 6) is 1.20. The maximum absolute atomic E-state index is 12.9. The van der Waals surface area contributed by atoms with E-state index in [-0.39, 0.29) is 24.1 Å². The van der Waals surface area contributed by atoms with Crippen LogP contribution >= 0.6 is 0 Å². The number of benzene rings is 2. The van der Waals surface area contributed by atoms with E-state index in [9.17, 15) is 13.2 Å². The van der Waals surface area contributed by atoms with Gasteiger partial charge >= 0.3 is 0 Å².